The molecule has 0 fully saturated rings. The van der Waals surface area contributed by atoms with Gasteiger partial charge in [0.2, 0.25) is 0 Å². The molecule has 0 unspecified atom stereocenters. The van der Waals surface area contributed by atoms with Crippen LogP contribution in [0.4, 0.5) is 4.39 Å². The van der Waals surface area contributed by atoms with Crippen LogP contribution in [0.1, 0.15) is 19.4 Å². The quantitative estimate of drug-likeness (QED) is 0.713. The molecule has 0 atom stereocenters. The van der Waals surface area contributed by atoms with Crippen LogP contribution in [0.15, 0.2) is 12.1 Å². The Hall–Kier alpha value is -0.760. The molecule has 13 heavy (non-hydrogen) atoms. The van der Waals surface area contributed by atoms with Gasteiger partial charge in [0.25, 0.3) is 0 Å². The van der Waals surface area contributed by atoms with Gasteiger partial charge in [0.05, 0.1) is 11.1 Å². The van der Waals surface area contributed by atoms with Crippen molar-refractivity contribution in [1.29, 1.82) is 0 Å². The molecule has 0 saturated carbocycles. The van der Waals surface area contributed by atoms with Crippen molar-refractivity contribution < 1.29 is 9.13 Å². The topological polar surface area (TPSA) is 9.23 Å². The number of aryl methyl sites for hydroxylation is 1. The summed E-state index contributed by atoms with van der Waals surface area (Å²) in [5.74, 6) is -0.224. The lowest BCUT2D eigenvalue weighted by Crippen LogP contribution is -2.08. The first kappa shape index (κ1) is 10.3. The zero-order valence-corrected chi connectivity index (χ0v) is 8.65. The Balaban J connectivity index is 3.10. The first-order valence-electron chi connectivity index (χ1n) is 4.13. The van der Waals surface area contributed by atoms with Gasteiger partial charge in [-0.1, -0.05) is 17.7 Å². The molecule has 0 aliphatic carbocycles. The fraction of sp³-hybridized carbons (Fsp3) is 0.400. The van der Waals surface area contributed by atoms with Crippen LogP contribution >= 0.6 is 11.6 Å². The van der Waals surface area contributed by atoms with E-state index >= 15 is 0 Å². The summed E-state index contributed by atoms with van der Waals surface area (Å²) in [6.45, 7) is 5.34. The largest absolute Gasteiger partial charge is 0.486 e. The molecular formula is C10H12ClFO. The molecule has 0 N–H and O–H groups in total. The second-order valence-electron chi connectivity index (χ2n) is 3.17. The van der Waals surface area contributed by atoms with Gasteiger partial charge in [-0.2, -0.15) is 0 Å². The minimum absolute atomic E-state index is 0.0752. The van der Waals surface area contributed by atoms with Gasteiger partial charge >= 0.3 is 0 Å². The van der Waals surface area contributed by atoms with E-state index in [0.29, 0.717) is 10.6 Å². The molecule has 1 aromatic carbocycles. The molecule has 0 spiro atoms. The van der Waals surface area contributed by atoms with Gasteiger partial charge in [0.1, 0.15) is 0 Å². The zero-order valence-electron chi connectivity index (χ0n) is 7.90. The molecule has 0 amide bonds. The van der Waals surface area contributed by atoms with E-state index in [4.69, 9.17) is 16.3 Å². The average Bonchev–Trinajstić information content (AvgIpc) is 2.05. The lowest BCUT2D eigenvalue weighted by molar-refractivity contribution is 0.231. The van der Waals surface area contributed by atoms with Crippen molar-refractivity contribution in [2.45, 2.75) is 26.9 Å². The number of benzene rings is 1. The van der Waals surface area contributed by atoms with E-state index in [0.717, 1.165) is 0 Å². The maximum Gasteiger partial charge on any atom is 0.174 e. The second-order valence-corrected chi connectivity index (χ2v) is 3.58. The molecule has 3 heteroatoms. The van der Waals surface area contributed by atoms with Gasteiger partial charge in [-0.3, -0.25) is 0 Å². The van der Waals surface area contributed by atoms with E-state index in [1.165, 1.54) is 0 Å². The predicted octanol–water partition coefficient (Wildman–Crippen LogP) is 3.57. The fourth-order valence-electron chi connectivity index (χ4n) is 0.975. The van der Waals surface area contributed by atoms with Crippen LogP contribution in [0.2, 0.25) is 5.02 Å². The number of hydrogen-bond acceptors (Lipinski definition) is 1. The number of halogens is 2. The molecule has 0 aromatic heterocycles. The highest BCUT2D eigenvalue weighted by Crippen LogP contribution is 2.30. The number of hydrogen-bond donors (Lipinski definition) is 0. The summed E-state index contributed by atoms with van der Waals surface area (Å²) in [5, 5.41) is 0.316. The lowest BCUT2D eigenvalue weighted by Gasteiger charge is -2.12. The van der Waals surface area contributed by atoms with Gasteiger partial charge in [0, 0.05) is 0 Å². The Morgan fingerprint density at radius 3 is 2.54 bits per heavy atom. The first-order chi connectivity index (χ1) is 6.02. The maximum atomic E-state index is 13.4. The smallest absolute Gasteiger partial charge is 0.174 e. The van der Waals surface area contributed by atoms with Crippen molar-refractivity contribution in [3.8, 4) is 5.75 Å². The maximum absolute atomic E-state index is 13.4. The van der Waals surface area contributed by atoms with Crippen molar-refractivity contribution in [2.75, 3.05) is 0 Å². The molecule has 0 aliphatic heterocycles. The Labute approximate surface area is 82.5 Å². The van der Waals surface area contributed by atoms with E-state index in [1.807, 2.05) is 13.8 Å². The molecule has 1 rings (SSSR count). The normalized spacial score (nSPS) is 10.6. The van der Waals surface area contributed by atoms with Crippen LogP contribution in [0, 0.1) is 12.7 Å². The summed E-state index contributed by atoms with van der Waals surface area (Å²) in [5.41, 5.74) is 0.542. The summed E-state index contributed by atoms with van der Waals surface area (Å²) in [7, 11) is 0. The average molecular weight is 203 g/mol. The minimum Gasteiger partial charge on any atom is -0.486 e. The third kappa shape index (κ3) is 2.34. The standard InChI is InChI=1S/C10H12ClFO/c1-6(2)13-10-8(11)5-4-7(3)9(10)12/h4-6H,1-3H3. The fourth-order valence-corrected chi connectivity index (χ4v) is 1.17. The summed E-state index contributed by atoms with van der Waals surface area (Å²) in [6.07, 6.45) is -0.0752. The zero-order chi connectivity index (χ0) is 10.0. The highest BCUT2D eigenvalue weighted by atomic mass is 35.5. The molecule has 0 aliphatic rings. The molecular weight excluding hydrogens is 191 g/mol. The van der Waals surface area contributed by atoms with Crippen molar-refractivity contribution >= 4 is 11.6 Å². The van der Waals surface area contributed by atoms with Gasteiger partial charge in [-0.15, -0.1) is 0 Å². The molecule has 72 valence electrons. The SMILES string of the molecule is Cc1ccc(Cl)c(OC(C)C)c1F. The monoisotopic (exact) mass is 202 g/mol. The second kappa shape index (κ2) is 3.97. The third-order valence-electron chi connectivity index (χ3n) is 1.60. The Kier molecular flexibility index (Phi) is 3.15. The summed E-state index contributed by atoms with van der Waals surface area (Å²) in [4.78, 5) is 0. The summed E-state index contributed by atoms with van der Waals surface area (Å²) in [6, 6.07) is 3.27. The van der Waals surface area contributed by atoms with Crippen molar-refractivity contribution in [3.63, 3.8) is 0 Å². The Morgan fingerprint density at radius 2 is 2.00 bits per heavy atom. The minimum atomic E-state index is -0.374. The van der Waals surface area contributed by atoms with Gasteiger partial charge in [-0.05, 0) is 32.4 Å². The van der Waals surface area contributed by atoms with Gasteiger partial charge in [-0.25, -0.2) is 4.39 Å². The Bertz CT molecular complexity index is 310. The molecule has 0 radical (unpaired) electrons. The molecule has 1 nitrogen and oxygen atoms in total. The van der Waals surface area contributed by atoms with Crippen molar-refractivity contribution in [3.05, 3.63) is 28.5 Å². The summed E-state index contributed by atoms with van der Waals surface area (Å²) >= 11 is 5.78. The highest BCUT2D eigenvalue weighted by molar-refractivity contribution is 6.32. The van der Waals surface area contributed by atoms with E-state index < -0.39 is 0 Å². The van der Waals surface area contributed by atoms with Crippen LogP contribution in [-0.4, -0.2) is 6.10 Å². The van der Waals surface area contributed by atoms with Crippen molar-refractivity contribution in [1.82, 2.24) is 0 Å². The molecule has 1 aromatic rings. The van der Waals surface area contributed by atoms with Crippen LogP contribution in [0.5, 0.6) is 5.75 Å². The van der Waals surface area contributed by atoms with Crippen LogP contribution < -0.4 is 4.74 Å². The number of rotatable bonds is 2. The van der Waals surface area contributed by atoms with E-state index in [-0.39, 0.29) is 17.7 Å². The van der Waals surface area contributed by atoms with Crippen LogP contribution in [0.25, 0.3) is 0 Å². The lowest BCUT2D eigenvalue weighted by atomic mass is 10.2. The highest BCUT2D eigenvalue weighted by Gasteiger charge is 2.12. The van der Waals surface area contributed by atoms with Gasteiger partial charge < -0.3 is 4.74 Å². The van der Waals surface area contributed by atoms with Crippen LogP contribution in [0.3, 0.4) is 0 Å². The van der Waals surface area contributed by atoms with E-state index in [1.54, 1.807) is 19.1 Å². The van der Waals surface area contributed by atoms with Crippen molar-refractivity contribution in [2.24, 2.45) is 0 Å². The molecule has 0 bridgehead atoms. The Morgan fingerprint density at radius 1 is 1.38 bits per heavy atom. The summed E-state index contributed by atoms with van der Waals surface area (Å²) < 4.78 is 18.7. The van der Waals surface area contributed by atoms with E-state index in [9.17, 15) is 4.39 Å². The first-order valence-corrected chi connectivity index (χ1v) is 4.51. The van der Waals surface area contributed by atoms with Gasteiger partial charge in [0.15, 0.2) is 11.6 Å². The number of ether oxygens (including phenoxy) is 1. The molecule has 0 saturated heterocycles. The predicted molar refractivity (Wildman–Crippen MR) is 51.9 cm³/mol. The van der Waals surface area contributed by atoms with Crippen LogP contribution in [-0.2, 0) is 0 Å². The molecule has 0 heterocycles. The third-order valence-corrected chi connectivity index (χ3v) is 1.89. The van der Waals surface area contributed by atoms with E-state index in [2.05, 4.69) is 0 Å².